The molecule has 1 aromatic rings. The van der Waals surface area contributed by atoms with Crippen LogP contribution in [0.4, 0.5) is 0 Å². The Kier molecular flexibility index (Phi) is 2.76. The Morgan fingerprint density at radius 2 is 1.76 bits per heavy atom. The summed E-state index contributed by atoms with van der Waals surface area (Å²) >= 11 is 0. The Labute approximate surface area is 98.3 Å². The van der Waals surface area contributed by atoms with Crippen LogP contribution in [-0.4, -0.2) is 20.8 Å². The van der Waals surface area contributed by atoms with E-state index in [0.29, 0.717) is 11.5 Å². The van der Waals surface area contributed by atoms with E-state index in [1.807, 2.05) is 0 Å². The van der Waals surface area contributed by atoms with Gasteiger partial charge in [0.2, 0.25) is 0 Å². The van der Waals surface area contributed by atoms with Crippen LogP contribution in [0.15, 0.2) is 40.5 Å². The van der Waals surface area contributed by atoms with E-state index in [4.69, 9.17) is 15.2 Å². The van der Waals surface area contributed by atoms with Gasteiger partial charge in [0, 0.05) is 0 Å². The van der Waals surface area contributed by atoms with Gasteiger partial charge in [-0.3, -0.25) is 0 Å². The molecule has 1 aliphatic heterocycles. The molecule has 0 amide bonds. The van der Waals surface area contributed by atoms with E-state index in [9.17, 15) is 8.42 Å². The molecule has 0 saturated carbocycles. The summed E-state index contributed by atoms with van der Waals surface area (Å²) in [4.78, 5) is 3.60. The van der Waals surface area contributed by atoms with Gasteiger partial charge in [-0.2, -0.15) is 0 Å². The number of aliphatic imine (C=N–C) groups is 1. The lowest BCUT2D eigenvalue weighted by Crippen LogP contribution is -2.22. The average molecular weight is 254 g/mol. The number of rotatable bonds is 2. The van der Waals surface area contributed by atoms with Gasteiger partial charge in [-0.1, -0.05) is 0 Å². The van der Waals surface area contributed by atoms with Crippen molar-refractivity contribution in [2.24, 2.45) is 10.7 Å². The first kappa shape index (κ1) is 11.5. The maximum Gasteiger partial charge on any atom is 0.321 e. The molecule has 0 fully saturated rings. The highest BCUT2D eigenvalue weighted by Gasteiger charge is 2.30. The Hall–Kier alpha value is -2.02. The minimum Gasteiger partial charge on any atom is -0.497 e. The highest BCUT2D eigenvalue weighted by molar-refractivity contribution is 8.09. The first-order chi connectivity index (χ1) is 8.04. The van der Waals surface area contributed by atoms with Gasteiger partial charge < -0.3 is 15.2 Å². The van der Waals surface area contributed by atoms with Crippen molar-refractivity contribution in [3.8, 4) is 11.5 Å². The van der Waals surface area contributed by atoms with Gasteiger partial charge in [0.25, 0.3) is 9.84 Å². The predicted molar refractivity (Wildman–Crippen MR) is 62.2 cm³/mol. The largest absolute Gasteiger partial charge is 0.497 e. The summed E-state index contributed by atoms with van der Waals surface area (Å²) in [7, 11) is -2.21. The summed E-state index contributed by atoms with van der Waals surface area (Å²) in [5, 5.41) is -0.735. The first-order valence-electron chi connectivity index (χ1n) is 4.64. The zero-order valence-electron chi connectivity index (χ0n) is 8.95. The van der Waals surface area contributed by atoms with Gasteiger partial charge in [0.1, 0.15) is 11.5 Å². The molecule has 7 heteroatoms. The molecule has 1 heterocycles. The van der Waals surface area contributed by atoms with E-state index in [2.05, 4.69) is 4.99 Å². The van der Waals surface area contributed by atoms with E-state index in [0.717, 1.165) is 6.20 Å². The molecular weight excluding hydrogens is 244 g/mol. The summed E-state index contributed by atoms with van der Waals surface area (Å²) in [5.41, 5.74) is 5.26. The number of methoxy groups -OCH3 is 1. The van der Waals surface area contributed by atoms with E-state index in [1.54, 1.807) is 24.3 Å². The number of hydrogen-bond acceptors (Lipinski definition) is 6. The molecule has 0 atom stereocenters. The second-order valence-corrected chi connectivity index (χ2v) is 5.04. The second-order valence-electron chi connectivity index (χ2n) is 3.21. The molecular formula is C10H10N2O4S. The number of sulfone groups is 1. The maximum atomic E-state index is 11.5. The van der Waals surface area contributed by atoms with Crippen molar-refractivity contribution in [2.45, 2.75) is 0 Å². The van der Waals surface area contributed by atoms with Gasteiger partial charge in [-0.25, -0.2) is 13.4 Å². The fourth-order valence-electron chi connectivity index (χ4n) is 1.18. The van der Waals surface area contributed by atoms with Gasteiger partial charge in [-0.15, -0.1) is 0 Å². The molecule has 0 radical (unpaired) electrons. The summed E-state index contributed by atoms with van der Waals surface area (Å²) in [6, 6.07) is 6.44. The fourth-order valence-corrected chi connectivity index (χ4v) is 1.97. The van der Waals surface area contributed by atoms with Crippen LogP contribution in [0.2, 0.25) is 0 Å². The normalized spacial score (nSPS) is 17.2. The smallest absolute Gasteiger partial charge is 0.321 e. The molecule has 1 aliphatic rings. The molecule has 0 spiro atoms. The van der Waals surface area contributed by atoms with Crippen molar-refractivity contribution < 1.29 is 17.9 Å². The number of ether oxygens (including phenoxy) is 2. The molecule has 17 heavy (non-hydrogen) atoms. The fraction of sp³-hybridized carbons (Fsp3) is 0.100. The van der Waals surface area contributed by atoms with Crippen LogP contribution in [0.1, 0.15) is 0 Å². The molecule has 0 bridgehead atoms. The molecule has 0 saturated heterocycles. The standard InChI is InChI=1S/C10H10N2O4S/c1-15-7-2-4-8(5-3-7)16-10-12-6-9(11)17(10,13)14/h2-6H,11H2,1H3. The van der Waals surface area contributed by atoms with Crippen LogP contribution in [0.3, 0.4) is 0 Å². The third-order valence-electron chi connectivity index (χ3n) is 2.10. The topological polar surface area (TPSA) is 91.0 Å². The van der Waals surface area contributed by atoms with Crippen LogP contribution >= 0.6 is 0 Å². The highest BCUT2D eigenvalue weighted by Crippen LogP contribution is 2.20. The number of hydrogen-bond donors (Lipinski definition) is 1. The lowest BCUT2D eigenvalue weighted by molar-refractivity contribution is 0.414. The van der Waals surface area contributed by atoms with Crippen LogP contribution < -0.4 is 15.2 Å². The number of nitrogens with two attached hydrogens (primary N) is 1. The Morgan fingerprint density at radius 1 is 1.18 bits per heavy atom. The Morgan fingerprint density at radius 3 is 2.24 bits per heavy atom. The van der Waals surface area contributed by atoms with Crippen LogP contribution in [-0.2, 0) is 9.84 Å². The molecule has 2 rings (SSSR count). The summed E-state index contributed by atoms with van der Waals surface area (Å²) in [6.45, 7) is 0. The minimum absolute atomic E-state index is 0.319. The lowest BCUT2D eigenvalue weighted by Gasteiger charge is -2.06. The Bertz CT molecular complexity index is 587. The van der Waals surface area contributed by atoms with Crippen molar-refractivity contribution in [2.75, 3.05) is 7.11 Å². The molecule has 6 nitrogen and oxygen atoms in total. The van der Waals surface area contributed by atoms with Crippen molar-refractivity contribution in [3.63, 3.8) is 0 Å². The quantitative estimate of drug-likeness (QED) is 0.835. The molecule has 90 valence electrons. The zero-order valence-corrected chi connectivity index (χ0v) is 9.77. The van der Waals surface area contributed by atoms with Crippen molar-refractivity contribution in [1.29, 1.82) is 0 Å². The second kappa shape index (κ2) is 4.10. The summed E-state index contributed by atoms with van der Waals surface area (Å²) in [5.74, 6) is 0.988. The minimum atomic E-state index is -3.74. The van der Waals surface area contributed by atoms with Gasteiger partial charge in [0.05, 0.1) is 13.3 Å². The third kappa shape index (κ3) is 2.09. The molecule has 0 aromatic heterocycles. The number of benzene rings is 1. The SMILES string of the molecule is COc1ccc(OC2=NC=C(N)S2(=O)=O)cc1. The first-order valence-corrected chi connectivity index (χ1v) is 6.13. The summed E-state index contributed by atoms with van der Waals surface area (Å²) < 4.78 is 33.2. The maximum absolute atomic E-state index is 11.5. The van der Waals surface area contributed by atoms with E-state index in [1.165, 1.54) is 7.11 Å². The van der Waals surface area contributed by atoms with E-state index < -0.39 is 15.1 Å². The van der Waals surface area contributed by atoms with Gasteiger partial charge in [0.15, 0.2) is 5.03 Å². The molecule has 2 N–H and O–H groups in total. The average Bonchev–Trinajstić information content (AvgIpc) is 2.57. The van der Waals surface area contributed by atoms with Crippen molar-refractivity contribution >= 4 is 15.1 Å². The van der Waals surface area contributed by atoms with E-state index in [-0.39, 0.29) is 5.03 Å². The Balaban J connectivity index is 2.18. The molecule has 1 aromatic carbocycles. The third-order valence-corrected chi connectivity index (χ3v) is 3.48. The van der Waals surface area contributed by atoms with Crippen molar-refractivity contribution in [1.82, 2.24) is 0 Å². The summed E-state index contributed by atoms with van der Waals surface area (Å²) in [6.07, 6.45) is 1.05. The number of nitrogens with zero attached hydrogens (tertiary/aromatic N) is 1. The van der Waals surface area contributed by atoms with Gasteiger partial charge in [-0.05, 0) is 24.3 Å². The monoisotopic (exact) mass is 254 g/mol. The van der Waals surface area contributed by atoms with Crippen LogP contribution in [0, 0.1) is 0 Å². The predicted octanol–water partition coefficient (Wildman–Crippen LogP) is 0.616. The van der Waals surface area contributed by atoms with Crippen LogP contribution in [0.5, 0.6) is 11.5 Å². The van der Waals surface area contributed by atoms with Gasteiger partial charge >= 0.3 is 5.23 Å². The van der Waals surface area contributed by atoms with Crippen molar-refractivity contribution in [3.05, 3.63) is 35.5 Å². The lowest BCUT2D eigenvalue weighted by atomic mass is 10.3. The highest BCUT2D eigenvalue weighted by atomic mass is 32.2. The molecule has 0 unspecified atom stereocenters. The molecule has 0 aliphatic carbocycles. The van der Waals surface area contributed by atoms with E-state index >= 15 is 0 Å². The van der Waals surface area contributed by atoms with Crippen LogP contribution in [0.25, 0.3) is 0 Å². The zero-order chi connectivity index (χ0) is 12.5.